The average molecular weight is 463 g/mol. The number of anilines is 1. The number of aromatic nitrogens is 3. The molecule has 7 nitrogen and oxygen atoms in total. The van der Waals surface area contributed by atoms with Gasteiger partial charge in [0.15, 0.2) is 11.5 Å². The fraction of sp³-hybridized carbons (Fsp3) is 0.320. The summed E-state index contributed by atoms with van der Waals surface area (Å²) in [6, 6.07) is 12.0. The Kier molecular flexibility index (Phi) is 5.54. The second-order valence-electron chi connectivity index (χ2n) is 8.26. The molecule has 5 rings (SSSR count). The van der Waals surface area contributed by atoms with Crippen molar-refractivity contribution in [1.29, 1.82) is 0 Å². The fourth-order valence-corrected chi connectivity index (χ4v) is 5.41. The van der Waals surface area contributed by atoms with E-state index >= 15 is 0 Å². The van der Waals surface area contributed by atoms with Crippen LogP contribution in [0, 0.1) is 13.8 Å². The molecule has 1 aliphatic heterocycles. The molecule has 0 fully saturated rings. The summed E-state index contributed by atoms with van der Waals surface area (Å²) in [5.74, 6) is 1.78. The standard InChI is InChI=1S/C25H26N4O3S/c1-5-11-32-23-16(7-6-8-19(23)31-4)17-13-21(30)27-24-22(17)15(3)28-29(24)25-26-18-10-9-14(2)12-20(18)33-25/h6-10,12,17H,5,11,13H2,1-4H3,(H,27,30)/t17-/m0/s1. The maximum atomic E-state index is 12.9. The number of aryl methyl sites for hydroxylation is 2. The molecule has 1 amide bonds. The van der Waals surface area contributed by atoms with Crippen LogP contribution in [-0.4, -0.2) is 34.4 Å². The molecule has 33 heavy (non-hydrogen) atoms. The summed E-state index contributed by atoms with van der Waals surface area (Å²) >= 11 is 1.56. The second kappa shape index (κ2) is 8.51. The highest BCUT2D eigenvalue weighted by atomic mass is 32.1. The zero-order chi connectivity index (χ0) is 23.1. The molecule has 2 aromatic carbocycles. The third-order valence-electron chi connectivity index (χ3n) is 5.87. The number of nitrogens with one attached hydrogen (secondary N) is 1. The molecule has 0 saturated carbocycles. The van der Waals surface area contributed by atoms with Crippen molar-refractivity contribution in [2.75, 3.05) is 19.0 Å². The second-order valence-corrected chi connectivity index (χ2v) is 9.27. The van der Waals surface area contributed by atoms with Crippen molar-refractivity contribution in [2.45, 2.75) is 39.5 Å². The van der Waals surface area contributed by atoms with E-state index in [2.05, 4.69) is 25.2 Å². The SMILES string of the molecule is CCCOc1c(OC)cccc1[C@@H]1CC(=O)Nc2c1c(C)nn2-c1nc2ccc(C)cc2s1. The number of carbonyl (C=O) groups excluding carboxylic acids is 1. The molecule has 170 valence electrons. The molecule has 3 heterocycles. The molecule has 0 bridgehead atoms. The van der Waals surface area contributed by atoms with E-state index in [1.165, 1.54) is 5.56 Å². The van der Waals surface area contributed by atoms with Gasteiger partial charge in [-0.05, 0) is 44.0 Å². The number of para-hydroxylation sites is 1. The Labute approximate surface area is 196 Å². The van der Waals surface area contributed by atoms with Crippen LogP contribution in [0.5, 0.6) is 11.5 Å². The minimum absolute atomic E-state index is 0.0603. The molecule has 0 aliphatic carbocycles. The van der Waals surface area contributed by atoms with Crippen LogP contribution >= 0.6 is 11.3 Å². The van der Waals surface area contributed by atoms with Crippen LogP contribution in [0.25, 0.3) is 15.3 Å². The first-order valence-electron chi connectivity index (χ1n) is 11.1. The third kappa shape index (κ3) is 3.74. The van der Waals surface area contributed by atoms with Crippen molar-refractivity contribution < 1.29 is 14.3 Å². The van der Waals surface area contributed by atoms with Crippen LogP contribution in [-0.2, 0) is 4.79 Å². The Morgan fingerprint density at radius 2 is 2.09 bits per heavy atom. The minimum Gasteiger partial charge on any atom is -0.493 e. The van der Waals surface area contributed by atoms with Gasteiger partial charge in [-0.1, -0.05) is 36.5 Å². The zero-order valence-corrected chi connectivity index (χ0v) is 20.0. The monoisotopic (exact) mass is 462 g/mol. The van der Waals surface area contributed by atoms with Crippen LogP contribution < -0.4 is 14.8 Å². The van der Waals surface area contributed by atoms with Crippen LogP contribution in [0.1, 0.15) is 48.1 Å². The van der Waals surface area contributed by atoms with E-state index in [1.807, 2.05) is 37.3 Å². The summed E-state index contributed by atoms with van der Waals surface area (Å²) in [6.45, 7) is 6.68. The number of nitrogens with zero attached hydrogens (tertiary/aromatic N) is 3. The van der Waals surface area contributed by atoms with E-state index in [0.717, 1.165) is 38.6 Å². The zero-order valence-electron chi connectivity index (χ0n) is 19.1. The number of benzene rings is 2. The molecule has 8 heteroatoms. The van der Waals surface area contributed by atoms with Gasteiger partial charge < -0.3 is 14.8 Å². The van der Waals surface area contributed by atoms with Crippen molar-refractivity contribution in [1.82, 2.24) is 14.8 Å². The summed E-state index contributed by atoms with van der Waals surface area (Å²) in [5, 5.41) is 8.58. The van der Waals surface area contributed by atoms with E-state index in [0.29, 0.717) is 30.3 Å². The molecule has 0 spiro atoms. The Morgan fingerprint density at radius 3 is 2.88 bits per heavy atom. The van der Waals surface area contributed by atoms with Gasteiger partial charge in [-0.3, -0.25) is 4.79 Å². The smallest absolute Gasteiger partial charge is 0.226 e. The van der Waals surface area contributed by atoms with Crippen molar-refractivity contribution in [3.8, 4) is 16.6 Å². The summed E-state index contributed by atoms with van der Waals surface area (Å²) < 4.78 is 14.5. The van der Waals surface area contributed by atoms with E-state index in [-0.39, 0.29) is 11.8 Å². The van der Waals surface area contributed by atoms with Crippen molar-refractivity contribution in [3.63, 3.8) is 0 Å². The Balaban J connectivity index is 1.65. The maximum absolute atomic E-state index is 12.9. The largest absolute Gasteiger partial charge is 0.493 e. The lowest BCUT2D eigenvalue weighted by molar-refractivity contribution is -0.116. The first kappa shape index (κ1) is 21.5. The molecule has 4 aromatic rings. The van der Waals surface area contributed by atoms with Gasteiger partial charge in [-0.15, -0.1) is 0 Å². The first-order chi connectivity index (χ1) is 16.0. The van der Waals surface area contributed by atoms with Gasteiger partial charge >= 0.3 is 0 Å². The summed E-state index contributed by atoms with van der Waals surface area (Å²) in [4.78, 5) is 17.6. The maximum Gasteiger partial charge on any atom is 0.226 e. The molecule has 1 atom stereocenters. The van der Waals surface area contributed by atoms with Crippen LogP contribution in [0.15, 0.2) is 36.4 Å². The molecule has 2 aromatic heterocycles. The van der Waals surface area contributed by atoms with Crippen LogP contribution in [0.2, 0.25) is 0 Å². The van der Waals surface area contributed by atoms with E-state index in [9.17, 15) is 4.79 Å². The van der Waals surface area contributed by atoms with Gasteiger partial charge in [0.2, 0.25) is 11.0 Å². The van der Waals surface area contributed by atoms with Crippen molar-refractivity contribution >= 4 is 33.3 Å². The lowest BCUT2D eigenvalue weighted by Crippen LogP contribution is -2.25. The predicted octanol–water partition coefficient (Wildman–Crippen LogP) is 5.37. The number of hydrogen-bond acceptors (Lipinski definition) is 6. The van der Waals surface area contributed by atoms with Gasteiger partial charge in [-0.2, -0.15) is 9.78 Å². The van der Waals surface area contributed by atoms with Gasteiger partial charge in [0.1, 0.15) is 5.82 Å². The van der Waals surface area contributed by atoms with Crippen molar-refractivity contribution in [2.24, 2.45) is 0 Å². The van der Waals surface area contributed by atoms with Gasteiger partial charge in [0, 0.05) is 23.5 Å². The summed E-state index contributed by atoms with van der Waals surface area (Å²) in [6.07, 6.45) is 1.19. The Morgan fingerprint density at radius 1 is 1.24 bits per heavy atom. The van der Waals surface area contributed by atoms with E-state index in [4.69, 9.17) is 19.6 Å². The van der Waals surface area contributed by atoms with E-state index < -0.39 is 0 Å². The highest BCUT2D eigenvalue weighted by Gasteiger charge is 2.35. The molecule has 0 radical (unpaired) electrons. The number of methoxy groups -OCH3 is 1. The number of amides is 1. The lowest BCUT2D eigenvalue weighted by atomic mass is 9.85. The number of fused-ring (bicyclic) bond motifs is 2. The predicted molar refractivity (Wildman–Crippen MR) is 130 cm³/mol. The molecule has 1 N–H and O–H groups in total. The molecule has 1 aliphatic rings. The lowest BCUT2D eigenvalue weighted by Gasteiger charge is -2.26. The third-order valence-corrected chi connectivity index (χ3v) is 6.87. The molecular formula is C25H26N4O3S. The van der Waals surface area contributed by atoms with Gasteiger partial charge in [-0.25, -0.2) is 4.98 Å². The fourth-order valence-electron chi connectivity index (χ4n) is 4.39. The molecule has 0 unspecified atom stereocenters. The topological polar surface area (TPSA) is 78.3 Å². The van der Waals surface area contributed by atoms with Crippen molar-refractivity contribution in [3.05, 3.63) is 58.8 Å². The molecular weight excluding hydrogens is 436 g/mol. The van der Waals surface area contributed by atoms with Crippen LogP contribution in [0.4, 0.5) is 5.82 Å². The minimum atomic E-state index is -0.193. The normalized spacial score (nSPS) is 15.4. The highest BCUT2D eigenvalue weighted by Crippen LogP contribution is 2.46. The Hall–Kier alpha value is -3.39. The number of ether oxygens (including phenoxy) is 2. The number of rotatable bonds is 6. The quantitative estimate of drug-likeness (QED) is 0.417. The number of hydrogen-bond donors (Lipinski definition) is 1. The summed E-state index contributed by atoms with van der Waals surface area (Å²) in [5.41, 5.74) is 4.88. The average Bonchev–Trinajstić information content (AvgIpc) is 3.37. The van der Waals surface area contributed by atoms with Crippen LogP contribution in [0.3, 0.4) is 0 Å². The van der Waals surface area contributed by atoms with Gasteiger partial charge in [0.25, 0.3) is 0 Å². The number of thiazole rings is 1. The van der Waals surface area contributed by atoms with Gasteiger partial charge in [0.05, 0.1) is 29.6 Å². The highest BCUT2D eigenvalue weighted by molar-refractivity contribution is 7.20. The number of carbonyl (C=O) groups is 1. The van der Waals surface area contributed by atoms with E-state index in [1.54, 1.807) is 23.1 Å². The first-order valence-corrected chi connectivity index (χ1v) is 11.9. The Bertz CT molecular complexity index is 1360. The summed E-state index contributed by atoms with van der Waals surface area (Å²) in [7, 11) is 1.63. The molecule has 0 saturated heterocycles.